The molecule has 0 aromatic carbocycles. The van der Waals surface area contributed by atoms with E-state index in [4.69, 9.17) is 0 Å². The van der Waals surface area contributed by atoms with Crippen molar-refractivity contribution in [2.75, 3.05) is 0 Å². The van der Waals surface area contributed by atoms with Gasteiger partial charge in [-0.1, -0.05) is 12.8 Å². The van der Waals surface area contributed by atoms with Crippen molar-refractivity contribution in [3.63, 3.8) is 0 Å². The van der Waals surface area contributed by atoms with Gasteiger partial charge in [0.25, 0.3) is 5.91 Å². The van der Waals surface area contributed by atoms with E-state index in [2.05, 4.69) is 10.3 Å². The highest BCUT2D eigenvalue weighted by atomic mass is 16.4. The lowest BCUT2D eigenvalue weighted by molar-refractivity contribution is -0.151. The van der Waals surface area contributed by atoms with Gasteiger partial charge in [0.15, 0.2) is 0 Å². The number of aliphatic carboxylic acids is 1. The van der Waals surface area contributed by atoms with Gasteiger partial charge in [-0.2, -0.15) is 0 Å². The van der Waals surface area contributed by atoms with Crippen molar-refractivity contribution < 1.29 is 14.7 Å². The minimum absolute atomic E-state index is 0.306. The zero-order valence-electron chi connectivity index (χ0n) is 11.2. The molecule has 0 bridgehead atoms. The predicted octanol–water partition coefficient (Wildman–Crippen LogP) is 1.18. The monoisotopic (exact) mass is 265 g/mol. The van der Waals surface area contributed by atoms with E-state index in [0.717, 1.165) is 12.8 Å². The van der Waals surface area contributed by atoms with Gasteiger partial charge in [0.2, 0.25) is 0 Å². The molecule has 19 heavy (non-hydrogen) atoms. The summed E-state index contributed by atoms with van der Waals surface area (Å²) in [6, 6.07) is -0.340. The molecule has 2 unspecified atom stereocenters. The quantitative estimate of drug-likeness (QED) is 0.859. The summed E-state index contributed by atoms with van der Waals surface area (Å²) in [5.74, 6) is -1.15. The summed E-state index contributed by atoms with van der Waals surface area (Å²) >= 11 is 0. The third-order valence-electron chi connectivity index (χ3n) is 3.94. The highest BCUT2D eigenvalue weighted by Crippen LogP contribution is 2.36. The summed E-state index contributed by atoms with van der Waals surface area (Å²) in [6.07, 6.45) is 6.29. The summed E-state index contributed by atoms with van der Waals surface area (Å²) in [5.41, 5.74) is -0.566. The number of nitrogens with zero attached hydrogens (tertiary/aromatic N) is 2. The molecule has 1 fully saturated rings. The molecule has 0 saturated heterocycles. The number of aromatic nitrogens is 2. The van der Waals surface area contributed by atoms with Crippen LogP contribution in [0.2, 0.25) is 0 Å². The first-order valence-electron chi connectivity index (χ1n) is 6.46. The first-order valence-corrected chi connectivity index (χ1v) is 6.46. The van der Waals surface area contributed by atoms with E-state index in [1.165, 1.54) is 0 Å². The van der Waals surface area contributed by atoms with Crippen LogP contribution < -0.4 is 5.32 Å². The lowest BCUT2D eigenvalue weighted by Crippen LogP contribution is -2.52. The van der Waals surface area contributed by atoms with Crippen LogP contribution in [0, 0.1) is 5.41 Å². The van der Waals surface area contributed by atoms with Crippen molar-refractivity contribution in [3.05, 3.63) is 18.2 Å². The van der Waals surface area contributed by atoms with Crippen LogP contribution in [-0.2, 0) is 11.8 Å². The second-order valence-electron chi connectivity index (χ2n) is 5.42. The van der Waals surface area contributed by atoms with E-state index in [-0.39, 0.29) is 11.9 Å². The van der Waals surface area contributed by atoms with E-state index in [9.17, 15) is 14.7 Å². The molecule has 0 radical (unpaired) electrons. The Bertz CT molecular complexity index is 497. The first-order chi connectivity index (χ1) is 8.93. The van der Waals surface area contributed by atoms with Crippen molar-refractivity contribution in [2.45, 2.75) is 38.6 Å². The van der Waals surface area contributed by atoms with E-state index < -0.39 is 11.4 Å². The molecule has 1 amide bonds. The summed E-state index contributed by atoms with van der Waals surface area (Å²) in [6.45, 7) is 1.71. The number of carbonyl (C=O) groups is 2. The normalized spacial score (nSPS) is 26.9. The van der Waals surface area contributed by atoms with Crippen molar-refractivity contribution >= 4 is 11.9 Å². The molecule has 1 heterocycles. The molecular weight excluding hydrogens is 246 g/mol. The van der Waals surface area contributed by atoms with Gasteiger partial charge >= 0.3 is 5.97 Å². The topological polar surface area (TPSA) is 84.2 Å². The summed E-state index contributed by atoms with van der Waals surface area (Å²) in [7, 11) is 1.78. The Kier molecular flexibility index (Phi) is 3.59. The molecule has 1 aromatic heterocycles. The molecule has 2 rings (SSSR count). The van der Waals surface area contributed by atoms with Gasteiger partial charge in [0.05, 0.1) is 11.7 Å². The van der Waals surface area contributed by atoms with Crippen LogP contribution >= 0.6 is 0 Å². The number of imidazole rings is 1. The molecule has 2 N–H and O–H groups in total. The van der Waals surface area contributed by atoms with Gasteiger partial charge in [-0.25, -0.2) is 4.98 Å². The Hall–Kier alpha value is -1.85. The van der Waals surface area contributed by atoms with Crippen LogP contribution in [0.3, 0.4) is 0 Å². The van der Waals surface area contributed by atoms with Crippen molar-refractivity contribution in [3.8, 4) is 0 Å². The number of carbonyl (C=O) groups excluding carboxylic acids is 1. The first kappa shape index (κ1) is 13.6. The number of nitrogens with one attached hydrogen (secondary N) is 1. The Balaban J connectivity index is 2.12. The highest BCUT2D eigenvalue weighted by Gasteiger charge is 2.44. The molecule has 0 aliphatic heterocycles. The Morgan fingerprint density at radius 3 is 2.84 bits per heavy atom. The lowest BCUT2D eigenvalue weighted by atomic mass is 9.71. The zero-order valence-corrected chi connectivity index (χ0v) is 11.2. The molecule has 2 atom stereocenters. The summed E-state index contributed by atoms with van der Waals surface area (Å²) in [5, 5.41) is 12.2. The van der Waals surface area contributed by atoms with Crippen LogP contribution in [-0.4, -0.2) is 32.6 Å². The number of amides is 1. The fourth-order valence-corrected chi connectivity index (χ4v) is 2.58. The minimum Gasteiger partial charge on any atom is -0.481 e. The lowest BCUT2D eigenvalue weighted by Gasteiger charge is -2.38. The van der Waals surface area contributed by atoms with E-state index >= 15 is 0 Å². The van der Waals surface area contributed by atoms with E-state index in [1.807, 2.05) is 0 Å². The third kappa shape index (κ3) is 2.62. The fourth-order valence-electron chi connectivity index (χ4n) is 2.58. The molecule has 1 aromatic rings. The van der Waals surface area contributed by atoms with E-state index in [1.54, 1.807) is 31.1 Å². The number of carboxylic acids is 1. The Morgan fingerprint density at radius 1 is 1.53 bits per heavy atom. The average Bonchev–Trinajstić information content (AvgIpc) is 2.79. The van der Waals surface area contributed by atoms with Gasteiger partial charge in [-0.15, -0.1) is 0 Å². The van der Waals surface area contributed by atoms with Gasteiger partial charge < -0.3 is 15.0 Å². The Morgan fingerprint density at radius 2 is 2.26 bits per heavy atom. The summed E-state index contributed by atoms with van der Waals surface area (Å²) in [4.78, 5) is 27.5. The molecule has 6 nitrogen and oxygen atoms in total. The van der Waals surface area contributed by atoms with Gasteiger partial charge in [-0.3, -0.25) is 9.59 Å². The number of hydrogen-bond acceptors (Lipinski definition) is 3. The third-order valence-corrected chi connectivity index (χ3v) is 3.94. The minimum atomic E-state index is -0.886. The Labute approximate surface area is 111 Å². The van der Waals surface area contributed by atoms with Crippen molar-refractivity contribution in [1.29, 1.82) is 0 Å². The molecule has 1 aliphatic carbocycles. The van der Waals surface area contributed by atoms with Crippen LogP contribution in [0.4, 0.5) is 0 Å². The molecule has 6 heteroatoms. The average molecular weight is 265 g/mol. The second-order valence-corrected chi connectivity index (χ2v) is 5.42. The van der Waals surface area contributed by atoms with Crippen LogP contribution in [0.5, 0.6) is 0 Å². The smallest absolute Gasteiger partial charge is 0.311 e. The van der Waals surface area contributed by atoms with Gasteiger partial charge in [0.1, 0.15) is 5.69 Å². The molecule has 0 spiro atoms. The van der Waals surface area contributed by atoms with Crippen molar-refractivity contribution in [2.24, 2.45) is 12.5 Å². The fraction of sp³-hybridized carbons (Fsp3) is 0.615. The maximum atomic E-state index is 12.1. The maximum absolute atomic E-state index is 12.1. The molecular formula is C13H19N3O3. The number of carboxylic acid groups (broad SMARTS) is 1. The standard InChI is InChI=1S/C13H19N3O3/c1-13(12(18)19)6-4-3-5-10(13)15-11(17)9-7-16(2)8-14-9/h7-8,10H,3-6H2,1-2H3,(H,15,17)(H,18,19). The van der Waals surface area contributed by atoms with Gasteiger partial charge in [0, 0.05) is 19.3 Å². The number of hydrogen-bond donors (Lipinski definition) is 2. The summed E-state index contributed by atoms with van der Waals surface area (Å²) < 4.78 is 1.69. The predicted molar refractivity (Wildman–Crippen MR) is 68.7 cm³/mol. The van der Waals surface area contributed by atoms with Gasteiger partial charge in [-0.05, 0) is 19.8 Å². The highest BCUT2D eigenvalue weighted by molar-refractivity contribution is 5.92. The molecule has 104 valence electrons. The maximum Gasteiger partial charge on any atom is 0.311 e. The van der Waals surface area contributed by atoms with Crippen LogP contribution in [0.1, 0.15) is 43.1 Å². The molecule has 1 aliphatic rings. The second kappa shape index (κ2) is 5.03. The van der Waals surface area contributed by atoms with Crippen LogP contribution in [0.25, 0.3) is 0 Å². The molecule has 1 saturated carbocycles. The zero-order chi connectivity index (χ0) is 14.0. The van der Waals surface area contributed by atoms with Crippen LogP contribution in [0.15, 0.2) is 12.5 Å². The number of rotatable bonds is 3. The number of aryl methyl sites for hydroxylation is 1. The SMILES string of the molecule is Cn1cnc(C(=O)NC2CCCCC2(C)C(=O)O)c1. The van der Waals surface area contributed by atoms with Crippen molar-refractivity contribution in [1.82, 2.24) is 14.9 Å². The largest absolute Gasteiger partial charge is 0.481 e. The van der Waals surface area contributed by atoms with E-state index in [0.29, 0.717) is 18.5 Å².